The van der Waals surface area contributed by atoms with Gasteiger partial charge in [0.15, 0.2) is 0 Å². The molecule has 1 aliphatic carbocycles. The molecule has 1 amide bonds. The van der Waals surface area contributed by atoms with Gasteiger partial charge in [-0.3, -0.25) is 0 Å². The van der Waals surface area contributed by atoms with Crippen molar-refractivity contribution >= 4 is 6.09 Å². The first-order valence-electron chi connectivity index (χ1n) is 3.81. The zero-order valence-electron chi connectivity index (χ0n) is 5.80. The molecule has 56 valence electrons. The second-order valence-corrected chi connectivity index (χ2v) is 3.02. The van der Waals surface area contributed by atoms with E-state index in [1.165, 1.54) is 12.8 Å². The summed E-state index contributed by atoms with van der Waals surface area (Å²) >= 11 is 0. The molecule has 0 unspecified atom stereocenters. The van der Waals surface area contributed by atoms with Crippen molar-refractivity contribution in [1.82, 2.24) is 5.32 Å². The lowest BCUT2D eigenvalue weighted by Gasteiger charge is -2.25. The van der Waals surface area contributed by atoms with Gasteiger partial charge >= 0.3 is 6.09 Å². The van der Waals surface area contributed by atoms with Crippen molar-refractivity contribution in [3.05, 3.63) is 0 Å². The van der Waals surface area contributed by atoms with Crippen LogP contribution in [0.5, 0.6) is 0 Å². The molecule has 0 radical (unpaired) electrons. The van der Waals surface area contributed by atoms with Gasteiger partial charge in [-0.25, -0.2) is 4.79 Å². The molecule has 1 aliphatic heterocycles. The number of fused-ring (bicyclic) bond motifs is 1. The normalized spacial score (nSPS) is 38.2. The van der Waals surface area contributed by atoms with E-state index in [1.54, 1.807) is 0 Å². The maximum absolute atomic E-state index is 10.7. The summed E-state index contributed by atoms with van der Waals surface area (Å²) in [7, 11) is 0. The molecule has 1 heterocycles. The van der Waals surface area contributed by atoms with Gasteiger partial charge in [-0.05, 0) is 19.3 Å². The van der Waals surface area contributed by atoms with E-state index in [4.69, 9.17) is 4.74 Å². The summed E-state index contributed by atoms with van der Waals surface area (Å²) in [6.45, 7) is 0.823. The Morgan fingerprint density at radius 3 is 3.30 bits per heavy atom. The second-order valence-electron chi connectivity index (χ2n) is 3.02. The highest BCUT2D eigenvalue weighted by molar-refractivity contribution is 5.68. The maximum Gasteiger partial charge on any atom is 0.407 e. The number of carbonyl (C=O) groups excluding carboxylic acids is 1. The number of alkyl carbamates (subject to hydrolysis) is 1. The number of ether oxygens (including phenoxy) is 1. The largest absolute Gasteiger partial charge is 0.446 e. The summed E-state index contributed by atoms with van der Waals surface area (Å²) in [6.07, 6.45) is 3.49. The Morgan fingerprint density at radius 1 is 1.50 bits per heavy atom. The quantitative estimate of drug-likeness (QED) is 0.544. The summed E-state index contributed by atoms with van der Waals surface area (Å²) in [5.41, 5.74) is 0. The van der Waals surface area contributed by atoms with Crippen molar-refractivity contribution in [2.45, 2.75) is 25.4 Å². The molecular weight excluding hydrogens is 130 g/mol. The third-order valence-electron chi connectivity index (χ3n) is 2.36. The third-order valence-corrected chi connectivity index (χ3v) is 2.36. The monoisotopic (exact) mass is 141 g/mol. The van der Waals surface area contributed by atoms with Crippen molar-refractivity contribution in [2.24, 2.45) is 5.92 Å². The van der Waals surface area contributed by atoms with Crippen LogP contribution in [0, 0.1) is 5.92 Å². The fourth-order valence-corrected chi connectivity index (χ4v) is 1.79. The second kappa shape index (κ2) is 2.15. The Morgan fingerprint density at radius 2 is 2.40 bits per heavy atom. The fraction of sp³-hybridized carbons (Fsp3) is 0.857. The minimum atomic E-state index is -0.233. The van der Waals surface area contributed by atoms with E-state index in [0.29, 0.717) is 5.92 Å². The number of amides is 1. The molecule has 0 aromatic carbocycles. The third kappa shape index (κ3) is 0.856. The lowest BCUT2D eigenvalue weighted by molar-refractivity contribution is 0.0526. The Balaban J connectivity index is 2.03. The van der Waals surface area contributed by atoms with Crippen LogP contribution in [0.2, 0.25) is 0 Å². The molecule has 10 heavy (non-hydrogen) atoms. The highest BCUT2D eigenvalue weighted by Gasteiger charge is 2.33. The van der Waals surface area contributed by atoms with Crippen LogP contribution in [0.4, 0.5) is 4.79 Å². The molecule has 0 aromatic heterocycles. The molecule has 1 saturated carbocycles. The molecule has 1 N–H and O–H groups in total. The van der Waals surface area contributed by atoms with E-state index in [2.05, 4.69) is 5.32 Å². The number of rotatable bonds is 0. The Hall–Kier alpha value is -0.730. The summed E-state index contributed by atoms with van der Waals surface area (Å²) < 4.78 is 5.06. The summed E-state index contributed by atoms with van der Waals surface area (Å²) in [5, 5.41) is 2.69. The van der Waals surface area contributed by atoms with E-state index in [1.807, 2.05) is 0 Å². The van der Waals surface area contributed by atoms with E-state index in [9.17, 15) is 4.79 Å². The number of carbonyl (C=O) groups is 1. The van der Waals surface area contributed by atoms with Gasteiger partial charge in [0.2, 0.25) is 0 Å². The molecule has 0 spiro atoms. The molecule has 2 fully saturated rings. The smallest absolute Gasteiger partial charge is 0.407 e. The Labute approximate surface area is 59.7 Å². The van der Waals surface area contributed by atoms with Crippen LogP contribution in [0.15, 0.2) is 0 Å². The van der Waals surface area contributed by atoms with E-state index in [0.717, 1.165) is 13.0 Å². The topological polar surface area (TPSA) is 38.3 Å². The first-order chi connectivity index (χ1) is 4.86. The van der Waals surface area contributed by atoms with Crippen molar-refractivity contribution in [2.75, 3.05) is 6.54 Å². The van der Waals surface area contributed by atoms with Crippen LogP contribution in [0.1, 0.15) is 19.3 Å². The fourth-order valence-electron chi connectivity index (χ4n) is 1.79. The van der Waals surface area contributed by atoms with Crippen LogP contribution < -0.4 is 5.32 Å². The standard InChI is InChI=1S/C7H11NO2/c9-7-8-4-5-2-1-3-6(5)10-7/h5-6H,1-4H2,(H,8,9)/t5-,6-/m0/s1. The number of hydrogen-bond acceptors (Lipinski definition) is 2. The van der Waals surface area contributed by atoms with Gasteiger partial charge in [-0.15, -0.1) is 0 Å². The molecule has 0 bridgehead atoms. The molecule has 1 saturated heterocycles. The minimum Gasteiger partial charge on any atom is -0.446 e. The molecule has 2 rings (SSSR count). The van der Waals surface area contributed by atoms with Gasteiger partial charge < -0.3 is 10.1 Å². The van der Waals surface area contributed by atoms with Gasteiger partial charge in [-0.2, -0.15) is 0 Å². The summed E-state index contributed by atoms with van der Waals surface area (Å²) in [6, 6.07) is 0. The first-order valence-corrected chi connectivity index (χ1v) is 3.81. The highest BCUT2D eigenvalue weighted by Crippen LogP contribution is 2.29. The average Bonchev–Trinajstić information content (AvgIpc) is 2.33. The van der Waals surface area contributed by atoms with Gasteiger partial charge in [0.1, 0.15) is 6.10 Å². The van der Waals surface area contributed by atoms with Gasteiger partial charge in [0.25, 0.3) is 0 Å². The number of hydrogen-bond donors (Lipinski definition) is 1. The van der Waals surface area contributed by atoms with Crippen molar-refractivity contribution in [3.63, 3.8) is 0 Å². The molecule has 0 aromatic rings. The Bertz CT molecular complexity index is 158. The van der Waals surface area contributed by atoms with Crippen LogP contribution in [0.25, 0.3) is 0 Å². The predicted molar refractivity (Wildman–Crippen MR) is 35.6 cm³/mol. The van der Waals surface area contributed by atoms with E-state index < -0.39 is 0 Å². The van der Waals surface area contributed by atoms with Crippen LogP contribution in [0.3, 0.4) is 0 Å². The van der Waals surface area contributed by atoms with Gasteiger partial charge in [0, 0.05) is 12.5 Å². The lowest BCUT2D eigenvalue weighted by atomic mass is 10.1. The minimum absolute atomic E-state index is 0.230. The van der Waals surface area contributed by atoms with E-state index >= 15 is 0 Å². The molecule has 2 aliphatic rings. The first kappa shape index (κ1) is 6.01. The average molecular weight is 141 g/mol. The number of nitrogens with one attached hydrogen (secondary N) is 1. The van der Waals surface area contributed by atoms with Gasteiger partial charge in [-0.1, -0.05) is 0 Å². The van der Waals surface area contributed by atoms with Crippen LogP contribution in [-0.4, -0.2) is 18.7 Å². The summed E-state index contributed by atoms with van der Waals surface area (Å²) in [4.78, 5) is 10.7. The maximum atomic E-state index is 10.7. The lowest BCUT2D eigenvalue weighted by Crippen LogP contribution is -2.42. The zero-order chi connectivity index (χ0) is 6.97. The molecule has 3 nitrogen and oxygen atoms in total. The van der Waals surface area contributed by atoms with Crippen molar-refractivity contribution in [1.29, 1.82) is 0 Å². The summed E-state index contributed by atoms with van der Waals surface area (Å²) in [5.74, 6) is 0.595. The van der Waals surface area contributed by atoms with Crippen molar-refractivity contribution in [3.8, 4) is 0 Å². The SMILES string of the molecule is O=C1NC[C@@H]2CCC[C@@H]2O1. The Kier molecular flexibility index (Phi) is 1.29. The molecule has 3 heteroatoms. The van der Waals surface area contributed by atoms with Crippen LogP contribution in [-0.2, 0) is 4.74 Å². The molecular formula is C7H11NO2. The zero-order valence-corrected chi connectivity index (χ0v) is 5.80. The van der Waals surface area contributed by atoms with E-state index in [-0.39, 0.29) is 12.2 Å². The van der Waals surface area contributed by atoms with Gasteiger partial charge in [0.05, 0.1) is 0 Å². The predicted octanol–water partition coefficient (Wildman–Crippen LogP) is 0.895. The highest BCUT2D eigenvalue weighted by atomic mass is 16.6. The van der Waals surface area contributed by atoms with Crippen molar-refractivity contribution < 1.29 is 9.53 Å². The molecule has 2 atom stereocenters. The van der Waals surface area contributed by atoms with Crippen LogP contribution >= 0.6 is 0 Å².